The molecule has 33 heavy (non-hydrogen) atoms. The minimum absolute atomic E-state index is 0.126. The maximum Gasteiger partial charge on any atom is 0.219 e. The van der Waals surface area contributed by atoms with Gasteiger partial charge >= 0.3 is 0 Å². The van der Waals surface area contributed by atoms with Crippen molar-refractivity contribution in [3.63, 3.8) is 0 Å². The van der Waals surface area contributed by atoms with Gasteiger partial charge in [0.1, 0.15) is 0 Å². The zero-order valence-corrected chi connectivity index (χ0v) is 19.3. The Labute approximate surface area is 193 Å². The zero-order valence-electron chi connectivity index (χ0n) is 19.3. The molecule has 2 aromatic heterocycles. The molecule has 1 atom stereocenters. The van der Waals surface area contributed by atoms with Crippen LogP contribution in [-0.4, -0.2) is 56.7 Å². The standard InChI is InChI=1S/C25H30N6O2/c1-17(32)29-10-7-23-22(15-29)25(27-31(23)21-8-11-33-16-21)30-9-3-4-18-5-6-19(12-24(18)30)20-13-26-28(2)14-20/h5-6,12-14,21H,3-4,7-11,15-16H2,1-2H3. The van der Waals surface area contributed by atoms with Gasteiger partial charge < -0.3 is 14.5 Å². The van der Waals surface area contributed by atoms with Crippen LogP contribution in [0.1, 0.15) is 42.6 Å². The van der Waals surface area contributed by atoms with E-state index in [-0.39, 0.29) is 11.9 Å². The molecular weight excluding hydrogens is 416 g/mol. The summed E-state index contributed by atoms with van der Waals surface area (Å²) in [5.74, 6) is 1.13. The lowest BCUT2D eigenvalue weighted by Gasteiger charge is -2.32. The second-order valence-electron chi connectivity index (χ2n) is 9.40. The molecule has 0 aliphatic carbocycles. The average Bonchev–Trinajstić information content (AvgIpc) is 3.57. The van der Waals surface area contributed by atoms with Gasteiger partial charge in [0, 0.05) is 68.8 Å². The second-order valence-corrected chi connectivity index (χ2v) is 9.40. The Kier molecular flexibility index (Phi) is 4.98. The van der Waals surface area contributed by atoms with Gasteiger partial charge in [0.05, 0.1) is 25.4 Å². The molecule has 1 aromatic carbocycles. The highest BCUT2D eigenvalue weighted by Gasteiger charge is 2.33. The number of carbonyl (C=O) groups excluding carboxylic acids is 1. The summed E-state index contributed by atoms with van der Waals surface area (Å²) < 4.78 is 9.75. The van der Waals surface area contributed by atoms with Crippen LogP contribution in [0.2, 0.25) is 0 Å². The van der Waals surface area contributed by atoms with Gasteiger partial charge in [-0.1, -0.05) is 12.1 Å². The van der Waals surface area contributed by atoms with Crippen LogP contribution in [0.3, 0.4) is 0 Å². The molecule has 0 spiro atoms. The summed E-state index contributed by atoms with van der Waals surface area (Å²) in [6.07, 6.45) is 7.95. The number of fused-ring (bicyclic) bond motifs is 2. The Balaban J connectivity index is 1.45. The van der Waals surface area contributed by atoms with Crippen molar-refractivity contribution >= 4 is 17.4 Å². The lowest BCUT2D eigenvalue weighted by Crippen LogP contribution is -2.35. The second kappa shape index (κ2) is 8.02. The first-order valence-corrected chi connectivity index (χ1v) is 11.9. The molecule has 1 amide bonds. The molecule has 3 aliphatic rings. The van der Waals surface area contributed by atoms with Gasteiger partial charge in [-0.25, -0.2) is 0 Å². The molecule has 0 saturated carbocycles. The fourth-order valence-corrected chi connectivity index (χ4v) is 5.48. The van der Waals surface area contributed by atoms with Gasteiger partial charge in [0.15, 0.2) is 5.82 Å². The van der Waals surface area contributed by atoms with Gasteiger partial charge in [-0.3, -0.25) is 14.2 Å². The molecule has 8 nitrogen and oxygen atoms in total. The molecule has 3 aliphatic heterocycles. The highest BCUT2D eigenvalue weighted by Crippen LogP contribution is 2.40. The van der Waals surface area contributed by atoms with Crippen molar-refractivity contribution < 1.29 is 9.53 Å². The third kappa shape index (κ3) is 3.53. The Morgan fingerprint density at radius 3 is 2.85 bits per heavy atom. The van der Waals surface area contributed by atoms with E-state index in [2.05, 4.69) is 39.1 Å². The largest absolute Gasteiger partial charge is 0.379 e. The average molecular weight is 447 g/mol. The Hall–Kier alpha value is -3.13. The summed E-state index contributed by atoms with van der Waals surface area (Å²) in [6, 6.07) is 7.00. The molecular formula is C25H30N6O2. The summed E-state index contributed by atoms with van der Waals surface area (Å²) in [4.78, 5) is 16.5. The van der Waals surface area contributed by atoms with Crippen LogP contribution in [-0.2, 0) is 36.0 Å². The number of rotatable bonds is 3. The molecule has 0 radical (unpaired) electrons. The number of ether oxygens (including phenoxy) is 1. The van der Waals surface area contributed by atoms with E-state index in [0.717, 1.165) is 62.3 Å². The van der Waals surface area contributed by atoms with Crippen molar-refractivity contribution in [2.75, 3.05) is 31.2 Å². The highest BCUT2D eigenvalue weighted by molar-refractivity contribution is 5.77. The molecule has 1 saturated heterocycles. The fourth-order valence-electron chi connectivity index (χ4n) is 5.48. The van der Waals surface area contributed by atoms with Crippen LogP contribution in [0.25, 0.3) is 11.1 Å². The fraction of sp³-hybridized carbons (Fsp3) is 0.480. The summed E-state index contributed by atoms with van der Waals surface area (Å²) in [6.45, 7) is 5.47. The smallest absolute Gasteiger partial charge is 0.219 e. The van der Waals surface area contributed by atoms with Gasteiger partial charge in [-0.05, 0) is 36.5 Å². The quantitative estimate of drug-likeness (QED) is 0.618. The van der Waals surface area contributed by atoms with Crippen LogP contribution in [0.4, 0.5) is 11.5 Å². The normalized spacial score (nSPS) is 20.1. The molecule has 0 N–H and O–H groups in total. The van der Waals surface area contributed by atoms with E-state index in [1.165, 1.54) is 22.5 Å². The monoisotopic (exact) mass is 446 g/mol. The third-order valence-corrected chi connectivity index (χ3v) is 7.26. The molecule has 5 heterocycles. The lowest BCUT2D eigenvalue weighted by atomic mass is 9.97. The van der Waals surface area contributed by atoms with Crippen LogP contribution < -0.4 is 4.90 Å². The van der Waals surface area contributed by atoms with Crippen molar-refractivity contribution in [3.05, 3.63) is 47.4 Å². The van der Waals surface area contributed by atoms with Crippen molar-refractivity contribution in [2.24, 2.45) is 7.05 Å². The SMILES string of the molecule is CC(=O)N1CCc2c(c(N3CCCc4ccc(-c5cnn(C)c5)cc43)nn2C2CCOC2)C1. The van der Waals surface area contributed by atoms with E-state index in [1.807, 2.05) is 22.8 Å². The van der Waals surface area contributed by atoms with Crippen LogP contribution >= 0.6 is 0 Å². The lowest BCUT2D eigenvalue weighted by molar-refractivity contribution is -0.129. The van der Waals surface area contributed by atoms with E-state index in [1.54, 1.807) is 6.92 Å². The predicted molar refractivity (Wildman–Crippen MR) is 125 cm³/mol. The van der Waals surface area contributed by atoms with Gasteiger partial charge in [0.2, 0.25) is 5.91 Å². The summed E-state index contributed by atoms with van der Waals surface area (Å²) in [5, 5.41) is 9.56. The topological polar surface area (TPSA) is 68.4 Å². The van der Waals surface area contributed by atoms with Gasteiger partial charge in [-0.15, -0.1) is 0 Å². The number of hydrogen-bond donors (Lipinski definition) is 0. The van der Waals surface area contributed by atoms with E-state index in [0.29, 0.717) is 13.2 Å². The van der Waals surface area contributed by atoms with Crippen molar-refractivity contribution in [1.82, 2.24) is 24.5 Å². The first-order chi connectivity index (χ1) is 16.1. The van der Waals surface area contributed by atoms with E-state index in [4.69, 9.17) is 9.84 Å². The predicted octanol–water partition coefficient (Wildman–Crippen LogP) is 3.23. The zero-order chi connectivity index (χ0) is 22.5. The summed E-state index contributed by atoms with van der Waals surface area (Å²) in [5.41, 5.74) is 7.32. The molecule has 0 bridgehead atoms. The number of carbonyl (C=O) groups is 1. The number of nitrogens with zero attached hydrogens (tertiary/aromatic N) is 6. The van der Waals surface area contributed by atoms with Crippen molar-refractivity contribution in [3.8, 4) is 11.1 Å². The minimum Gasteiger partial charge on any atom is -0.379 e. The Morgan fingerprint density at radius 1 is 1.18 bits per heavy atom. The van der Waals surface area contributed by atoms with E-state index >= 15 is 0 Å². The highest BCUT2D eigenvalue weighted by atomic mass is 16.5. The van der Waals surface area contributed by atoms with Gasteiger partial charge in [-0.2, -0.15) is 10.2 Å². The Bertz CT molecular complexity index is 1210. The maximum absolute atomic E-state index is 12.2. The van der Waals surface area contributed by atoms with Crippen molar-refractivity contribution in [2.45, 2.75) is 45.2 Å². The number of amides is 1. The molecule has 1 unspecified atom stereocenters. The molecule has 1 fully saturated rings. The molecule has 8 heteroatoms. The summed E-state index contributed by atoms with van der Waals surface area (Å²) in [7, 11) is 1.95. The van der Waals surface area contributed by atoms with Gasteiger partial charge in [0.25, 0.3) is 0 Å². The first-order valence-electron chi connectivity index (χ1n) is 11.9. The van der Waals surface area contributed by atoms with Crippen LogP contribution in [0, 0.1) is 0 Å². The number of aromatic nitrogens is 4. The number of aryl methyl sites for hydroxylation is 2. The first kappa shape index (κ1) is 20.5. The van der Waals surface area contributed by atoms with E-state index in [9.17, 15) is 4.79 Å². The number of benzene rings is 1. The van der Waals surface area contributed by atoms with E-state index < -0.39 is 0 Å². The van der Waals surface area contributed by atoms with Crippen LogP contribution in [0.5, 0.6) is 0 Å². The Morgan fingerprint density at radius 2 is 2.09 bits per heavy atom. The molecule has 6 rings (SSSR count). The van der Waals surface area contributed by atoms with Crippen LogP contribution in [0.15, 0.2) is 30.6 Å². The molecule has 172 valence electrons. The summed E-state index contributed by atoms with van der Waals surface area (Å²) >= 11 is 0. The third-order valence-electron chi connectivity index (χ3n) is 7.26. The number of anilines is 2. The minimum atomic E-state index is 0.126. The maximum atomic E-state index is 12.2. The number of hydrogen-bond acceptors (Lipinski definition) is 5. The van der Waals surface area contributed by atoms with Crippen molar-refractivity contribution in [1.29, 1.82) is 0 Å². The molecule has 3 aromatic rings.